The van der Waals surface area contributed by atoms with Crippen molar-refractivity contribution in [2.75, 3.05) is 17.2 Å². The first-order valence-electron chi connectivity index (χ1n) is 7.00. The molecule has 0 spiro atoms. The monoisotopic (exact) mass is 282 g/mol. The van der Waals surface area contributed by atoms with Crippen LogP contribution < -0.4 is 10.6 Å². The van der Waals surface area contributed by atoms with Crippen molar-refractivity contribution in [1.29, 1.82) is 0 Å². The molecule has 1 unspecified atom stereocenters. The van der Waals surface area contributed by atoms with Crippen molar-refractivity contribution in [3.8, 4) is 5.75 Å². The van der Waals surface area contributed by atoms with Gasteiger partial charge in [0.05, 0.1) is 11.6 Å². The molecule has 2 aromatic carbocycles. The molecule has 0 fully saturated rings. The number of phenols is 1. The lowest BCUT2D eigenvalue weighted by molar-refractivity contribution is -0.117. The van der Waals surface area contributed by atoms with Gasteiger partial charge >= 0.3 is 0 Å². The number of hydrogen-bond acceptors (Lipinski definition) is 3. The standard InChI is InChI=1S/C17H18N2O2/c1-10-7-11(2)16(20)15(8-10)19-17(21)13-9-18-14-6-4-3-5-12(13)14/h3-8,13,18,20H,9H2,1-2H3,(H,19,21). The number of carbonyl (C=O) groups is 1. The Bertz CT molecular complexity index is 710. The average Bonchev–Trinajstić information content (AvgIpc) is 2.88. The zero-order valence-corrected chi connectivity index (χ0v) is 12.1. The molecule has 0 aromatic heterocycles. The minimum Gasteiger partial charge on any atom is -0.505 e. The van der Waals surface area contributed by atoms with E-state index in [0.29, 0.717) is 12.2 Å². The first kappa shape index (κ1) is 13.5. The summed E-state index contributed by atoms with van der Waals surface area (Å²) >= 11 is 0. The fraction of sp³-hybridized carbons (Fsp3) is 0.235. The lowest BCUT2D eigenvalue weighted by Gasteiger charge is -2.14. The van der Waals surface area contributed by atoms with E-state index in [1.165, 1.54) is 0 Å². The predicted molar refractivity (Wildman–Crippen MR) is 83.9 cm³/mol. The minimum atomic E-state index is -0.235. The lowest BCUT2D eigenvalue weighted by Crippen LogP contribution is -2.22. The third kappa shape index (κ3) is 2.44. The van der Waals surface area contributed by atoms with E-state index in [1.54, 1.807) is 6.07 Å². The third-order valence-electron chi connectivity index (χ3n) is 3.85. The first-order chi connectivity index (χ1) is 10.1. The molecule has 1 aliphatic heterocycles. The summed E-state index contributed by atoms with van der Waals surface area (Å²) in [6.07, 6.45) is 0. The quantitative estimate of drug-likeness (QED) is 0.741. The number of nitrogens with one attached hydrogen (secondary N) is 2. The number of phenolic OH excluding ortho intramolecular Hbond substituents is 1. The summed E-state index contributed by atoms with van der Waals surface area (Å²) in [5.74, 6) is -0.206. The van der Waals surface area contributed by atoms with Gasteiger partial charge < -0.3 is 15.7 Å². The molecule has 4 nitrogen and oxygen atoms in total. The van der Waals surface area contributed by atoms with Crippen molar-refractivity contribution in [3.63, 3.8) is 0 Å². The van der Waals surface area contributed by atoms with Gasteiger partial charge in [0.25, 0.3) is 0 Å². The second kappa shape index (κ2) is 5.13. The summed E-state index contributed by atoms with van der Waals surface area (Å²) in [7, 11) is 0. The maximum Gasteiger partial charge on any atom is 0.233 e. The van der Waals surface area contributed by atoms with Gasteiger partial charge in [0, 0.05) is 12.2 Å². The van der Waals surface area contributed by atoms with Crippen LogP contribution in [0.1, 0.15) is 22.6 Å². The van der Waals surface area contributed by atoms with Crippen molar-refractivity contribution >= 4 is 17.3 Å². The Labute approximate surface area is 123 Å². The van der Waals surface area contributed by atoms with E-state index in [4.69, 9.17) is 0 Å². The SMILES string of the molecule is Cc1cc(C)c(O)c(NC(=O)C2CNc3ccccc32)c1. The number of rotatable bonds is 2. The molecular weight excluding hydrogens is 264 g/mol. The van der Waals surface area contributed by atoms with Crippen molar-refractivity contribution < 1.29 is 9.90 Å². The molecule has 0 saturated carbocycles. The van der Waals surface area contributed by atoms with Gasteiger partial charge in [-0.25, -0.2) is 0 Å². The van der Waals surface area contributed by atoms with Crippen LogP contribution in [-0.4, -0.2) is 17.6 Å². The molecule has 4 heteroatoms. The molecule has 3 rings (SSSR count). The topological polar surface area (TPSA) is 61.4 Å². The highest BCUT2D eigenvalue weighted by molar-refractivity contribution is 5.99. The van der Waals surface area contributed by atoms with Gasteiger partial charge in [0.15, 0.2) is 0 Å². The summed E-state index contributed by atoms with van der Waals surface area (Å²) in [5, 5.41) is 16.2. The zero-order chi connectivity index (χ0) is 15.0. The molecule has 0 saturated heterocycles. The normalized spacial score (nSPS) is 16.2. The highest BCUT2D eigenvalue weighted by Gasteiger charge is 2.28. The van der Waals surface area contributed by atoms with Gasteiger partial charge in [0.2, 0.25) is 5.91 Å². The van der Waals surface area contributed by atoms with Gasteiger partial charge in [0.1, 0.15) is 5.75 Å². The van der Waals surface area contributed by atoms with E-state index in [-0.39, 0.29) is 17.6 Å². The van der Waals surface area contributed by atoms with Crippen LogP contribution in [0.4, 0.5) is 11.4 Å². The minimum absolute atomic E-state index is 0.104. The molecule has 0 radical (unpaired) electrons. The number of fused-ring (bicyclic) bond motifs is 1. The van der Waals surface area contributed by atoms with Crippen LogP contribution in [0.15, 0.2) is 36.4 Å². The second-order valence-corrected chi connectivity index (χ2v) is 5.49. The van der Waals surface area contributed by atoms with Crippen LogP contribution in [0.5, 0.6) is 5.75 Å². The van der Waals surface area contributed by atoms with E-state index >= 15 is 0 Å². The molecule has 0 aliphatic carbocycles. The largest absolute Gasteiger partial charge is 0.505 e. The summed E-state index contributed by atoms with van der Waals surface area (Å²) in [6.45, 7) is 4.34. The molecule has 1 heterocycles. The van der Waals surface area contributed by atoms with E-state index in [2.05, 4.69) is 10.6 Å². The number of carbonyl (C=O) groups excluding carboxylic acids is 1. The van der Waals surface area contributed by atoms with E-state index in [9.17, 15) is 9.90 Å². The first-order valence-corrected chi connectivity index (χ1v) is 7.00. The molecule has 1 amide bonds. The number of benzene rings is 2. The average molecular weight is 282 g/mol. The van der Waals surface area contributed by atoms with Crippen molar-refractivity contribution in [2.24, 2.45) is 0 Å². The van der Waals surface area contributed by atoms with Gasteiger partial charge in [-0.3, -0.25) is 4.79 Å². The Hall–Kier alpha value is -2.49. The van der Waals surface area contributed by atoms with Crippen LogP contribution in [0, 0.1) is 13.8 Å². The number of hydrogen-bond donors (Lipinski definition) is 3. The molecule has 21 heavy (non-hydrogen) atoms. The Morgan fingerprint density at radius 1 is 1.29 bits per heavy atom. The number of amides is 1. The summed E-state index contributed by atoms with van der Waals surface area (Å²) < 4.78 is 0. The number of para-hydroxylation sites is 1. The molecule has 108 valence electrons. The molecule has 0 bridgehead atoms. The summed E-state index contributed by atoms with van der Waals surface area (Å²) in [5.41, 5.74) is 4.24. The van der Waals surface area contributed by atoms with E-state index in [0.717, 1.165) is 22.4 Å². The summed E-state index contributed by atoms with van der Waals surface area (Å²) in [4.78, 5) is 12.5. The van der Waals surface area contributed by atoms with Gasteiger partial charge in [-0.2, -0.15) is 0 Å². The Kier molecular flexibility index (Phi) is 3.29. The van der Waals surface area contributed by atoms with Crippen molar-refractivity contribution in [1.82, 2.24) is 0 Å². The highest BCUT2D eigenvalue weighted by atomic mass is 16.3. The summed E-state index contributed by atoms with van der Waals surface area (Å²) in [6, 6.07) is 11.5. The zero-order valence-electron chi connectivity index (χ0n) is 12.1. The highest BCUT2D eigenvalue weighted by Crippen LogP contribution is 2.34. The van der Waals surface area contributed by atoms with E-state index in [1.807, 2.05) is 44.2 Å². The molecule has 1 aliphatic rings. The molecule has 2 aromatic rings. The fourth-order valence-electron chi connectivity index (χ4n) is 2.79. The number of aromatic hydroxyl groups is 1. The Balaban J connectivity index is 1.85. The van der Waals surface area contributed by atoms with Crippen LogP contribution in [0.25, 0.3) is 0 Å². The molecular formula is C17H18N2O2. The van der Waals surface area contributed by atoms with Crippen molar-refractivity contribution in [2.45, 2.75) is 19.8 Å². The molecule has 1 atom stereocenters. The van der Waals surface area contributed by atoms with E-state index < -0.39 is 0 Å². The Morgan fingerprint density at radius 3 is 2.86 bits per heavy atom. The van der Waals surface area contributed by atoms with Crippen LogP contribution in [0.2, 0.25) is 0 Å². The van der Waals surface area contributed by atoms with Gasteiger partial charge in [-0.15, -0.1) is 0 Å². The maximum atomic E-state index is 12.5. The van der Waals surface area contributed by atoms with Crippen LogP contribution in [-0.2, 0) is 4.79 Å². The predicted octanol–water partition coefficient (Wildman–Crippen LogP) is 3.16. The fourth-order valence-corrected chi connectivity index (χ4v) is 2.79. The van der Waals surface area contributed by atoms with Gasteiger partial charge in [-0.05, 0) is 42.7 Å². The van der Waals surface area contributed by atoms with Crippen LogP contribution >= 0.6 is 0 Å². The van der Waals surface area contributed by atoms with Gasteiger partial charge in [-0.1, -0.05) is 24.3 Å². The van der Waals surface area contributed by atoms with Crippen LogP contribution in [0.3, 0.4) is 0 Å². The lowest BCUT2D eigenvalue weighted by atomic mass is 10.00. The maximum absolute atomic E-state index is 12.5. The molecule has 3 N–H and O–H groups in total. The van der Waals surface area contributed by atoms with Crippen molar-refractivity contribution in [3.05, 3.63) is 53.1 Å². The Morgan fingerprint density at radius 2 is 2.05 bits per heavy atom. The number of anilines is 2. The number of aryl methyl sites for hydroxylation is 2. The second-order valence-electron chi connectivity index (χ2n) is 5.49. The third-order valence-corrected chi connectivity index (χ3v) is 3.85. The smallest absolute Gasteiger partial charge is 0.233 e.